The van der Waals surface area contributed by atoms with Crippen LogP contribution in [0.3, 0.4) is 0 Å². The first kappa shape index (κ1) is 29.7. The fourth-order valence-corrected chi connectivity index (χ4v) is 6.73. The minimum absolute atomic E-state index is 0.0247. The van der Waals surface area contributed by atoms with E-state index in [1.165, 1.54) is 0 Å². The van der Waals surface area contributed by atoms with Crippen molar-refractivity contribution in [2.45, 2.75) is 34.1 Å². The molecule has 1 aromatic heterocycles. The van der Waals surface area contributed by atoms with Gasteiger partial charge in [-0.2, -0.15) is 0 Å². The molecule has 1 aliphatic rings. The fourth-order valence-electron chi connectivity index (χ4n) is 6.73. The predicted molar refractivity (Wildman–Crippen MR) is 161 cm³/mol. The summed E-state index contributed by atoms with van der Waals surface area (Å²) >= 11 is 0. The fraction of sp³-hybridized carbons (Fsp3) is 0.139. The van der Waals surface area contributed by atoms with Crippen molar-refractivity contribution in [2.24, 2.45) is 0 Å². The number of nitrogens with zero attached hydrogens (tertiary/aromatic N) is 2. The number of para-hydroxylation sites is 2. The Morgan fingerprint density at radius 1 is 0.478 bits per heavy atom. The van der Waals surface area contributed by atoms with Crippen molar-refractivity contribution < 1.29 is 35.1 Å². The van der Waals surface area contributed by atoms with Gasteiger partial charge in [0.05, 0.1) is 16.5 Å². The minimum Gasteiger partial charge on any atom is -0.309 e. The van der Waals surface area contributed by atoms with Crippen molar-refractivity contribution >= 4 is 38.9 Å². The Bertz CT molecular complexity index is 2180. The van der Waals surface area contributed by atoms with Crippen LogP contribution in [0.4, 0.5) is 52.2 Å². The monoisotopic (exact) mass is 634 g/mol. The normalized spacial score (nSPS) is 12.7. The molecule has 1 aliphatic heterocycles. The molecule has 2 nitrogen and oxygen atoms in total. The highest BCUT2D eigenvalue weighted by Crippen LogP contribution is 2.51. The summed E-state index contributed by atoms with van der Waals surface area (Å²) in [7, 11) is 0. The van der Waals surface area contributed by atoms with Gasteiger partial charge in [0.1, 0.15) is 11.0 Å². The molecule has 0 unspecified atom stereocenters. The second-order valence-electron chi connectivity index (χ2n) is 11.4. The van der Waals surface area contributed by atoms with Crippen LogP contribution in [0, 0.1) is 74.2 Å². The molecule has 10 heteroatoms. The molecular formula is C36H22F8N2. The quantitative estimate of drug-likeness (QED) is 0.0814. The second-order valence-corrected chi connectivity index (χ2v) is 11.4. The highest BCUT2D eigenvalue weighted by Gasteiger charge is 2.34. The molecule has 46 heavy (non-hydrogen) atoms. The van der Waals surface area contributed by atoms with E-state index in [9.17, 15) is 17.6 Å². The summed E-state index contributed by atoms with van der Waals surface area (Å²) in [6, 6.07) is 15.6. The van der Waals surface area contributed by atoms with Crippen molar-refractivity contribution in [3.05, 3.63) is 128 Å². The van der Waals surface area contributed by atoms with E-state index in [2.05, 4.69) is 9.88 Å². The van der Waals surface area contributed by atoms with E-state index in [1.807, 2.05) is 48.5 Å². The van der Waals surface area contributed by atoms with Crippen LogP contribution in [0.15, 0.2) is 48.5 Å². The number of pyridine rings is 1. The zero-order chi connectivity index (χ0) is 32.9. The maximum Gasteiger partial charge on any atom is 0.199 e. The van der Waals surface area contributed by atoms with Crippen LogP contribution in [0.2, 0.25) is 0 Å². The third kappa shape index (κ3) is 3.85. The second kappa shape index (κ2) is 10.3. The number of rotatable bonds is 2. The number of anilines is 3. The predicted octanol–water partition coefficient (Wildman–Crippen LogP) is 10.8. The van der Waals surface area contributed by atoms with Crippen LogP contribution in [-0.4, -0.2) is 4.98 Å². The highest BCUT2D eigenvalue weighted by molar-refractivity contribution is 6.12. The van der Waals surface area contributed by atoms with Gasteiger partial charge in [0.25, 0.3) is 0 Å². The molecule has 0 amide bonds. The molecule has 0 saturated carbocycles. The maximum atomic E-state index is 15.7. The summed E-state index contributed by atoms with van der Waals surface area (Å²) in [5, 5.41) is -2.08. The first-order chi connectivity index (χ1) is 21.9. The third-order valence-electron chi connectivity index (χ3n) is 9.11. The Kier molecular flexibility index (Phi) is 6.63. The first-order valence-corrected chi connectivity index (χ1v) is 14.2. The molecule has 2 heterocycles. The van der Waals surface area contributed by atoms with Gasteiger partial charge in [-0.15, -0.1) is 0 Å². The van der Waals surface area contributed by atoms with Crippen LogP contribution in [0.5, 0.6) is 0 Å². The third-order valence-corrected chi connectivity index (χ3v) is 9.11. The van der Waals surface area contributed by atoms with E-state index >= 15 is 17.6 Å². The average molecular weight is 635 g/mol. The zero-order valence-electron chi connectivity index (χ0n) is 24.7. The van der Waals surface area contributed by atoms with Crippen LogP contribution in [0.25, 0.3) is 32.9 Å². The highest BCUT2D eigenvalue weighted by atomic mass is 19.2. The standard InChI is InChI=1S/C36H22F8N2/c1-14-16(3)36(46-20-11-7-5-9-18(20)13-19-10-6-8-12-21(19)46)17(4)15(2)22(14)23-24-26(37)28(39)30(41)32(43)34(24)45-35-25(23)27(38)29(40)31(42)33(35)44/h5-12H,13H2,1-4H3. The summed E-state index contributed by atoms with van der Waals surface area (Å²) in [5.74, 6) is -16.8. The van der Waals surface area contributed by atoms with E-state index in [-0.39, 0.29) is 5.56 Å². The number of halogens is 8. The van der Waals surface area contributed by atoms with Crippen LogP contribution in [0.1, 0.15) is 33.4 Å². The summed E-state index contributed by atoms with van der Waals surface area (Å²) in [5.41, 5.74) is 3.22. The molecule has 7 rings (SSSR count). The summed E-state index contributed by atoms with van der Waals surface area (Å²) in [6.45, 7) is 6.65. The smallest absolute Gasteiger partial charge is 0.199 e. The lowest BCUT2D eigenvalue weighted by Gasteiger charge is -2.37. The largest absolute Gasteiger partial charge is 0.309 e. The van der Waals surface area contributed by atoms with Crippen molar-refractivity contribution in [1.82, 2.24) is 4.98 Å². The van der Waals surface area contributed by atoms with Crippen molar-refractivity contribution in [2.75, 3.05) is 4.90 Å². The van der Waals surface area contributed by atoms with Crippen LogP contribution >= 0.6 is 0 Å². The van der Waals surface area contributed by atoms with Crippen molar-refractivity contribution in [3.8, 4) is 11.1 Å². The lowest BCUT2D eigenvalue weighted by Crippen LogP contribution is -2.21. The SMILES string of the molecule is Cc1c(C)c(N2c3ccccc3Cc3ccccc32)c(C)c(C)c1-c1c2c(F)c(F)c(F)c(F)c2nc2c(F)c(F)c(F)c(F)c12. The Balaban J connectivity index is 1.67. The molecule has 5 aromatic carbocycles. The molecule has 0 aliphatic carbocycles. The molecular weight excluding hydrogens is 612 g/mol. The molecule has 0 atom stereocenters. The molecule has 0 fully saturated rings. The van der Waals surface area contributed by atoms with E-state index in [4.69, 9.17) is 0 Å². The van der Waals surface area contributed by atoms with Crippen LogP contribution in [-0.2, 0) is 6.42 Å². The van der Waals surface area contributed by atoms with Gasteiger partial charge in [0.15, 0.2) is 46.5 Å². The Morgan fingerprint density at radius 3 is 1.30 bits per heavy atom. The van der Waals surface area contributed by atoms with E-state index in [1.54, 1.807) is 27.7 Å². The number of hydrogen-bond donors (Lipinski definition) is 0. The van der Waals surface area contributed by atoms with Gasteiger partial charge >= 0.3 is 0 Å². The molecule has 0 radical (unpaired) electrons. The zero-order valence-corrected chi connectivity index (χ0v) is 24.7. The van der Waals surface area contributed by atoms with Gasteiger partial charge in [-0.25, -0.2) is 40.1 Å². The Morgan fingerprint density at radius 2 is 0.870 bits per heavy atom. The molecule has 0 N–H and O–H groups in total. The Hall–Kier alpha value is -4.99. The average Bonchev–Trinajstić information content (AvgIpc) is 3.06. The van der Waals surface area contributed by atoms with E-state index in [0.717, 1.165) is 22.5 Å². The molecule has 0 bridgehead atoms. The van der Waals surface area contributed by atoms with Gasteiger partial charge in [0.2, 0.25) is 0 Å². The molecule has 232 valence electrons. The topological polar surface area (TPSA) is 16.1 Å². The Labute approximate surface area is 257 Å². The lowest BCUT2D eigenvalue weighted by atomic mass is 9.83. The summed E-state index contributed by atoms with van der Waals surface area (Å²) in [6.07, 6.45) is 0.673. The first-order valence-electron chi connectivity index (χ1n) is 14.2. The van der Waals surface area contributed by atoms with Gasteiger partial charge in [0, 0.05) is 23.4 Å². The van der Waals surface area contributed by atoms with Gasteiger partial charge in [-0.3, -0.25) is 0 Å². The number of fused-ring (bicyclic) bond motifs is 4. The minimum atomic E-state index is -2.25. The lowest BCUT2D eigenvalue weighted by molar-refractivity contribution is 0.414. The van der Waals surface area contributed by atoms with E-state index < -0.39 is 73.9 Å². The van der Waals surface area contributed by atoms with Gasteiger partial charge in [-0.05, 0) is 78.8 Å². The summed E-state index contributed by atoms with van der Waals surface area (Å²) in [4.78, 5) is 5.53. The van der Waals surface area contributed by atoms with Crippen LogP contribution < -0.4 is 4.90 Å². The summed E-state index contributed by atoms with van der Waals surface area (Å²) < 4.78 is 120. The molecule has 6 aromatic rings. The van der Waals surface area contributed by atoms with Crippen molar-refractivity contribution in [3.63, 3.8) is 0 Å². The van der Waals surface area contributed by atoms with Gasteiger partial charge in [-0.1, -0.05) is 36.4 Å². The number of aromatic nitrogens is 1. The van der Waals surface area contributed by atoms with Gasteiger partial charge < -0.3 is 4.90 Å². The molecule has 0 spiro atoms. The van der Waals surface area contributed by atoms with E-state index in [0.29, 0.717) is 34.4 Å². The molecule has 0 saturated heterocycles. The maximum absolute atomic E-state index is 15.7. The number of benzene rings is 5. The number of hydrogen-bond acceptors (Lipinski definition) is 2. The van der Waals surface area contributed by atoms with Crippen molar-refractivity contribution in [1.29, 1.82) is 0 Å².